The van der Waals surface area contributed by atoms with Gasteiger partial charge in [0.2, 0.25) is 0 Å². The molecule has 0 bridgehead atoms. The zero-order valence-electron chi connectivity index (χ0n) is 11.5. The molecule has 3 rings (SSSR count). The lowest BCUT2D eigenvalue weighted by Gasteiger charge is -2.29. The maximum atomic E-state index is 12.7. The van der Waals surface area contributed by atoms with E-state index in [-0.39, 0.29) is 5.91 Å². The molecule has 0 saturated carbocycles. The van der Waals surface area contributed by atoms with E-state index in [0.29, 0.717) is 35.2 Å². The van der Waals surface area contributed by atoms with E-state index in [0.717, 1.165) is 5.75 Å². The van der Waals surface area contributed by atoms with Gasteiger partial charge in [0.25, 0.3) is 5.91 Å². The van der Waals surface area contributed by atoms with Crippen molar-refractivity contribution in [3.63, 3.8) is 0 Å². The van der Waals surface area contributed by atoms with Gasteiger partial charge in [0.05, 0.1) is 19.3 Å². The molecule has 1 aliphatic rings. The molecule has 0 N–H and O–H groups in total. The van der Waals surface area contributed by atoms with E-state index in [4.69, 9.17) is 21.1 Å². The third-order valence-corrected chi connectivity index (χ3v) is 3.60. The van der Waals surface area contributed by atoms with Crippen LogP contribution < -0.4 is 14.4 Å². The summed E-state index contributed by atoms with van der Waals surface area (Å²) in [5, 5.41) is 0.576. The normalized spacial score (nSPS) is 13.3. The molecule has 2 aromatic carbocycles. The second-order valence-corrected chi connectivity index (χ2v) is 5.08. The van der Waals surface area contributed by atoms with E-state index >= 15 is 0 Å². The van der Waals surface area contributed by atoms with Crippen LogP contribution in [0.15, 0.2) is 42.5 Å². The third kappa shape index (κ3) is 2.67. The van der Waals surface area contributed by atoms with E-state index in [1.807, 2.05) is 0 Å². The molecule has 0 saturated heterocycles. The number of benzene rings is 2. The second kappa shape index (κ2) is 5.66. The number of rotatable bonds is 2. The summed E-state index contributed by atoms with van der Waals surface area (Å²) in [5.74, 6) is 1.31. The maximum absolute atomic E-state index is 12.7. The number of fused-ring (bicyclic) bond motifs is 1. The minimum Gasteiger partial charge on any atom is -0.497 e. The first-order chi connectivity index (χ1) is 10.2. The van der Waals surface area contributed by atoms with Crippen LogP contribution in [0, 0.1) is 0 Å². The van der Waals surface area contributed by atoms with Crippen LogP contribution in [0.3, 0.4) is 0 Å². The van der Waals surface area contributed by atoms with Crippen LogP contribution in [-0.4, -0.2) is 26.2 Å². The van der Waals surface area contributed by atoms with Crippen molar-refractivity contribution < 1.29 is 14.3 Å². The Hall–Kier alpha value is -2.20. The van der Waals surface area contributed by atoms with Gasteiger partial charge in [0.1, 0.15) is 18.1 Å². The Balaban J connectivity index is 1.93. The number of halogens is 1. The highest BCUT2D eigenvalue weighted by molar-refractivity contribution is 6.31. The number of hydrogen-bond donors (Lipinski definition) is 0. The molecule has 0 radical (unpaired) electrons. The smallest absolute Gasteiger partial charge is 0.258 e. The van der Waals surface area contributed by atoms with Gasteiger partial charge in [-0.3, -0.25) is 4.79 Å². The van der Waals surface area contributed by atoms with Crippen LogP contribution >= 0.6 is 11.6 Å². The Morgan fingerprint density at radius 1 is 1.24 bits per heavy atom. The van der Waals surface area contributed by atoms with Crippen LogP contribution in [0.1, 0.15) is 10.4 Å². The van der Waals surface area contributed by atoms with Crippen LogP contribution in [-0.2, 0) is 0 Å². The molecule has 0 unspecified atom stereocenters. The molecule has 0 atom stereocenters. The number of amides is 1. The topological polar surface area (TPSA) is 38.8 Å². The molecule has 4 nitrogen and oxygen atoms in total. The van der Waals surface area contributed by atoms with Gasteiger partial charge < -0.3 is 14.4 Å². The number of anilines is 1. The van der Waals surface area contributed by atoms with Gasteiger partial charge in [-0.15, -0.1) is 0 Å². The third-order valence-electron chi connectivity index (χ3n) is 3.37. The highest BCUT2D eigenvalue weighted by atomic mass is 35.5. The lowest BCUT2D eigenvalue weighted by Crippen LogP contribution is -2.37. The summed E-state index contributed by atoms with van der Waals surface area (Å²) < 4.78 is 10.7. The van der Waals surface area contributed by atoms with Crippen molar-refractivity contribution in [2.45, 2.75) is 0 Å². The molecule has 0 aromatic heterocycles. The molecule has 2 aromatic rings. The van der Waals surface area contributed by atoms with E-state index in [1.54, 1.807) is 54.5 Å². The van der Waals surface area contributed by atoms with Crippen molar-refractivity contribution in [2.75, 3.05) is 25.2 Å². The zero-order chi connectivity index (χ0) is 14.8. The summed E-state index contributed by atoms with van der Waals surface area (Å²) in [6, 6.07) is 12.3. The van der Waals surface area contributed by atoms with Crippen molar-refractivity contribution in [3.8, 4) is 11.5 Å². The van der Waals surface area contributed by atoms with Gasteiger partial charge in [-0.25, -0.2) is 0 Å². The lowest BCUT2D eigenvalue weighted by molar-refractivity contribution is 0.0976. The van der Waals surface area contributed by atoms with Crippen molar-refractivity contribution in [1.82, 2.24) is 0 Å². The van der Waals surface area contributed by atoms with Crippen molar-refractivity contribution in [2.24, 2.45) is 0 Å². The molecule has 0 spiro atoms. The number of nitrogens with zero attached hydrogens (tertiary/aromatic N) is 1. The van der Waals surface area contributed by atoms with Crippen LogP contribution in [0.2, 0.25) is 5.02 Å². The predicted octanol–water partition coefficient (Wildman–Crippen LogP) is 3.39. The summed E-state index contributed by atoms with van der Waals surface area (Å²) in [6.07, 6.45) is 0. The Bertz CT molecular complexity index is 670. The first kappa shape index (κ1) is 13.8. The Morgan fingerprint density at radius 2 is 2.00 bits per heavy atom. The molecular formula is C16H14ClNO3. The quantitative estimate of drug-likeness (QED) is 0.853. The number of ether oxygens (including phenoxy) is 2. The number of carbonyl (C=O) groups excluding carboxylic acids is 1. The fourth-order valence-electron chi connectivity index (χ4n) is 2.29. The molecule has 1 heterocycles. The van der Waals surface area contributed by atoms with Gasteiger partial charge in [-0.2, -0.15) is 0 Å². The molecule has 21 heavy (non-hydrogen) atoms. The fraction of sp³-hybridized carbons (Fsp3) is 0.188. The highest BCUT2D eigenvalue weighted by Gasteiger charge is 2.24. The largest absolute Gasteiger partial charge is 0.497 e. The van der Waals surface area contributed by atoms with Gasteiger partial charge in [-0.1, -0.05) is 11.6 Å². The lowest BCUT2D eigenvalue weighted by atomic mass is 10.1. The molecule has 1 amide bonds. The Labute approximate surface area is 127 Å². The predicted molar refractivity (Wildman–Crippen MR) is 81.6 cm³/mol. The van der Waals surface area contributed by atoms with E-state index < -0.39 is 0 Å². The average Bonchev–Trinajstić information content (AvgIpc) is 2.53. The van der Waals surface area contributed by atoms with Crippen molar-refractivity contribution in [1.29, 1.82) is 0 Å². The highest BCUT2D eigenvalue weighted by Crippen LogP contribution is 2.34. The van der Waals surface area contributed by atoms with Gasteiger partial charge in [0, 0.05) is 10.6 Å². The average molecular weight is 304 g/mol. The monoisotopic (exact) mass is 303 g/mol. The minimum atomic E-state index is -0.0792. The summed E-state index contributed by atoms with van der Waals surface area (Å²) >= 11 is 6.02. The summed E-state index contributed by atoms with van der Waals surface area (Å²) in [5.41, 5.74) is 1.30. The summed E-state index contributed by atoms with van der Waals surface area (Å²) in [4.78, 5) is 14.3. The Morgan fingerprint density at radius 3 is 2.71 bits per heavy atom. The second-order valence-electron chi connectivity index (χ2n) is 4.65. The standard InChI is InChI=1S/C16H14ClNO3/c1-20-13-5-2-11(3-6-13)16(19)18-8-9-21-15-7-4-12(17)10-14(15)18/h2-7,10H,8-9H2,1H3. The first-order valence-electron chi connectivity index (χ1n) is 6.57. The van der Waals surface area contributed by atoms with Crippen LogP contribution in [0.25, 0.3) is 0 Å². The number of methoxy groups -OCH3 is 1. The minimum absolute atomic E-state index is 0.0792. The van der Waals surface area contributed by atoms with Gasteiger partial charge in [0.15, 0.2) is 0 Å². The van der Waals surface area contributed by atoms with Crippen LogP contribution in [0.5, 0.6) is 11.5 Å². The molecule has 1 aliphatic heterocycles. The van der Waals surface area contributed by atoms with Gasteiger partial charge >= 0.3 is 0 Å². The van der Waals surface area contributed by atoms with Crippen molar-refractivity contribution in [3.05, 3.63) is 53.1 Å². The number of carbonyl (C=O) groups is 1. The SMILES string of the molecule is COc1ccc(C(=O)N2CCOc3ccc(Cl)cc32)cc1. The molecule has 0 fully saturated rings. The van der Waals surface area contributed by atoms with E-state index in [1.165, 1.54) is 0 Å². The zero-order valence-corrected chi connectivity index (χ0v) is 12.3. The summed E-state index contributed by atoms with van der Waals surface area (Å²) in [7, 11) is 1.59. The first-order valence-corrected chi connectivity index (χ1v) is 6.95. The fourth-order valence-corrected chi connectivity index (χ4v) is 2.46. The summed E-state index contributed by atoms with van der Waals surface area (Å²) in [6.45, 7) is 0.967. The molecule has 0 aliphatic carbocycles. The molecular weight excluding hydrogens is 290 g/mol. The van der Waals surface area contributed by atoms with E-state index in [2.05, 4.69) is 0 Å². The Kier molecular flexibility index (Phi) is 3.71. The molecule has 108 valence electrons. The molecule has 5 heteroatoms. The maximum Gasteiger partial charge on any atom is 0.258 e. The number of hydrogen-bond acceptors (Lipinski definition) is 3. The van der Waals surface area contributed by atoms with Crippen molar-refractivity contribution >= 4 is 23.2 Å². The van der Waals surface area contributed by atoms with Crippen LogP contribution in [0.4, 0.5) is 5.69 Å². The van der Waals surface area contributed by atoms with E-state index in [9.17, 15) is 4.79 Å². The van der Waals surface area contributed by atoms with Gasteiger partial charge in [-0.05, 0) is 42.5 Å².